The molecule has 0 saturated heterocycles. The Hall–Kier alpha value is -0.510. The molecule has 0 fully saturated rings. The van der Waals surface area contributed by atoms with Gasteiger partial charge in [0.05, 0.1) is 11.9 Å². The molecule has 3 nitrogen and oxygen atoms in total. The van der Waals surface area contributed by atoms with Crippen LogP contribution in [0.3, 0.4) is 0 Å². The molecule has 0 atom stereocenters. The van der Waals surface area contributed by atoms with E-state index in [0.29, 0.717) is 0 Å². The molecule has 10 heavy (non-hydrogen) atoms. The molecule has 2 rings (SSSR count). The van der Waals surface area contributed by atoms with Gasteiger partial charge in [0.1, 0.15) is 5.84 Å². The van der Waals surface area contributed by atoms with Gasteiger partial charge in [0.2, 0.25) is 0 Å². The van der Waals surface area contributed by atoms with Crippen LogP contribution in [-0.4, -0.2) is 29.0 Å². The van der Waals surface area contributed by atoms with E-state index < -0.39 is 0 Å². The minimum absolute atomic E-state index is 0.974. The monoisotopic (exact) mass is 155 g/mol. The van der Waals surface area contributed by atoms with E-state index >= 15 is 0 Å². The van der Waals surface area contributed by atoms with Gasteiger partial charge < -0.3 is 4.90 Å². The second-order valence-electron chi connectivity index (χ2n) is 2.40. The van der Waals surface area contributed by atoms with Gasteiger partial charge in [-0.3, -0.25) is 4.99 Å². The van der Waals surface area contributed by atoms with E-state index in [1.807, 2.05) is 6.92 Å². The zero-order chi connectivity index (χ0) is 6.97. The Balaban J connectivity index is 2.25. The fourth-order valence-corrected chi connectivity index (χ4v) is 1.90. The van der Waals surface area contributed by atoms with E-state index in [2.05, 4.69) is 14.3 Å². The first-order chi connectivity index (χ1) is 4.88. The van der Waals surface area contributed by atoms with E-state index in [1.54, 1.807) is 0 Å². The number of nitrogens with zero attached hydrogens (tertiary/aromatic N) is 3. The van der Waals surface area contributed by atoms with Gasteiger partial charge in [0.15, 0.2) is 5.17 Å². The summed E-state index contributed by atoms with van der Waals surface area (Å²) in [5, 5.41) is 1.09. The maximum absolute atomic E-state index is 4.33. The summed E-state index contributed by atoms with van der Waals surface area (Å²) < 4.78 is 4.21. The first-order valence-electron chi connectivity index (χ1n) is 3.41. The lowest BCUT2D eigenvalue weighted by molar-refractivity contribution is 0.561. The summed E-state index contributed by atoms with van der Waals surface area (Å²) in [6.07, 6.45) is 1.16. The van der Waals surface area contributed by atoms with Crippen molar-refractivity contribution in [3.8, 4) is 0 Å². The molecule has 0 spiro atoms. The molecule has 0 N–H and O–H groups in total. The summed E-state index contributed by atoms with van der Waals surface area (Å²) in [5.41, 5.74) is 0. The van der Waals surface area contributed by atoms with E-state index in [9.17, 15) is 0 Å². The van der Waals surface area contributed by atoms with Crippen LogP contribution in [0.4, 0.5) is 0 Å². The van der Waals surface area contributed by atoms with Crippen LogP contribution in [0.15, 0.2) is 9.39 Å². The number of rotatable bonds is 0. The summed E-state index contributed by atoms with van der Waals surface area (Å²) in [6.45, 7) is 4.10. The van der Waals surface area contributed by atoms with Crippen LogP contribution in [0, 0.1) is 0 Å². The van der Waals surface area contributed by atoms with Gasteiger partial charge in [0.25, 0.3) is 0 Å². The third kappa shape index (κ3) is 0.831. The number of hydrogen-bond acceptors (Lipinski definition) is 4. The van der Waals surface area contributed by atoms with Gasteiger partial charge in [-0.25, -0.2) is 0 Å². The molecule has 0 aromatic rings. The molecule has 54 valence electrons. The normalized spacial score (nSPS) is 23.9. The highest BCUT2D eigenvalue weighted by Gasteiger charge is 2.23. The summed E-state index contributed by atoms with van der Waals surface area (Å²) in [5.74, 6) is 1.10. The molecule has 0 bridgehead atoms. The lowest BCUT2D eigenvalue weighted by atomic mass is 10.3. The van der Waals surface area contributed by atoms with Gasteiger partial charge in [-0.1, -0.05) is 0 Å². The van der Waals surface area contributed by atoms with E-state index in [1.165, 1.54) is 11.9 Å². The summed E-state index contributed by atoms with van der Waals surface area (Å²) in [6, 6.07) is 0. The first kappa shape index (κ1) is 6.22. The van der Waals surface area contributed by atoms with Crippen molar-refractivity contribution >= 4 is 23.0 Å². The Labute approximate surface area is 64.4 Å². The van der Waals surface area contributed by atoms with Crippen molar-refractivity contribution in [3.63, 3.8) is 0 Å². The minimum Gasteiger partial charge on any atom is -0.307 e. The fraction of sp³-hybridized carbons (Fsp3) is 0.667. The van der Waals surface area contributed by atoms with Crippen LogP contribution in [0.25, 0.3) is 0 Å². The quantitative estimate of drug-likeness (QED) is 0.490. The van der Waals surface area contributed by atoms with E-state index in [-0.39, 0.29) is 0 Å². The number of aliphatic imine (C=N–C) groups is 1. The van der Waals surface area contributed by atoms with Crippen molar-refractivity contribution in [2.75, 3.05) is 13.1 Å². The Morgan fingerprint density at radius 3 is 3.30 bits per heavy atom. The average molecular weight is 155 g/mol. The number of amidine groups is 2. The molecule has 0 amide bonds. The van der Waals surface area contributed by atoms with Gasteiger partial charge >= 0.3 is 0 Å². The second-order valence-corrected chi connectivity index (χ2v) is 3.13. The third-order valence-electron chi connectivity index (χ3n) is 1.67. The largest absolute Gasteiger partial charge is 0.307 e. The van der Waals surface area contributed by atoms with Crippen molar-refractivity contribution in [1.82, 2.24) is 4.90 Å². The van der Waals surface area contributed by atoms with Crippen molar-refractivity contribution < 1.29 is 0 Å². The highest BCUT2D eigenvalue weighted by molar-refractivity contribution is 8.13. The maximum Gasteiger partial charge on any atom is 0.187 e. The molecule has 2 aliphatic heterocycles. The van der Waals surface area contributed by atoms with Crippen molar-refractivity contribution in [1.29, 1.82) is 0 Å². The Morgan fingerprint density at radius 1 is 1.60 bits per heavy atom. The smallest absolute Gasteiger partial charge is 0.187 e. The van der Waals surface area contributed by atoms with Gasteiger partial charge in [0, 0.05) is 13.1 Å². The summed E-state index contributed by atoms with van der Waals surface area (Å²) in [4.78, 5) is 6.51. The molecular weight excluding hydrogens is 146 g/mol. The Kier molecular flexibility index (Phi) is 1.41. The lowest BCUT2D eigenvalue weighted by Crippen LogP contribution is -2.33. The zero-order valence-corrected chi connectivity index (χ0v) is 6.69. The first-order valence-corrected chi connectivity index (χ1v) is 4.19. The molecule has 2 aliphatic rings. The molecule has 0 saturated carbocycles. The highest BCUT2D eigenvalue weighted by Crippen LogP contribution is 2.22. The molecule has 0 radical (unpaired) electrons. The van der Waals surface area contributed by atoms with Crippen molar-refractivity contribution in [2.45, 2.75) is 13.3 Å². The van der Waals surface area contributed by atoms with Crippen LogP contribution in [0.1, 0.15) is 13.3 Å². The molecule has 4 heteroatoms. The van der Waals surface area contributed by atoms with E-state index in [4.69, 9.17) is 0 Å². The molecular formula is C6H9N3S. The molecule has 0 aromatic carbocycles. The third-order valence-corrected chi connectivity index (χ3v) is 2.54. The average Bonchev–Trinajstić information content (AvgIpc) is 2.34. The number of fused-ring (bicyclic) bond motifs is 1. The minimum atomic E-state index is 0.974. The fourth-order valence-electron chi connectivity index (χ4n) is 1.12. The summed E-state index contributed by atoms with van der Waals surface area (Å²) >= 11 is 1.50. The topological polar surface area (TPSA) is 28.0 Å². The predicted octanol–water partition coefficient (Wildman–Crippen LogP) is 1.13. The second kappa shape index (κ2) is 2.27. The van der Waals surface area contributed by atoms with Crippen LogP contribution in [0.5, 0.6) is 0 Å². The predicted molar refractivity (Wildman–Crippen MR) is 44.3 cm³/mol. The van der Waals surface area contributed by atoms with Crippen LogP contribution >= 0.6 is 11.9 Å². The molecule has 0 aliphatic carbocycles. The Bertz CT molecular complexity index is 209. The van der Waals surface area contributed by atoms with Crippen molar-refractivity contribution in [3.05, 3.63) is 0 Å². The van der Waals surface area contributed by atoms with Crippen LogP contribution < -0.4 is 0 Å². The van der Waals surface area contributed by atoms with Crippen LogP contribution in [0.2, 0.25) is 0 Å². The van der Waals surface area contributed by atoms with Gasteiger partial charge in [-0.2, -0.15) is 4.40 Å². The lowest BCUT2D eigenvalue weighted by Gasteiger charge is -2.20. The van der Waals surface area contributed by atoms with E-state index in [0.717, 1.165) is 30.5 Å². The molecule has 0 aromatic heterocycles. The highest BCUT2D eigenvalue weighted by atomic mass is 32.2. The van der Waals surface area contributed by atoms with Crippen molar-refractivity contribution in [2.24, 2.45) is 9.39 Å². The van der Waals surface area contributed by atoms with Gasteiger partial charge in [-0.05, 0) is 13.3 Å². The Morgan fingerprint density at radius 2 is 2.50 bits per heavy atom. The van der Waals surface area contributed by atoms with Crippen LogP contribution in [-0.2, 0) is 0 Å². The SMILES string of the molecule is CC1=NSC2=NCCCN12. The number of hydrogen-bond donors (Lipinski definition) is 0. The molecule has 0 unspecified atom stereocenters. The standard InChI is InChI=1S/C6H9N3S/c1-5-8-10-6-7-3-2-4-9(5)6/h2-4H2,1H3. The summed E-state index contributed by atoms with van der Waals surface area (Å²) in [7, 11) is 0. The molecule has 2 heterocycles. The maximum atomic E-state index is 4.33. The van der Waals surface area contributed by atoms with Gasteiger partial charge in [-0.15, -0.1) is 0 Å². The zero-order valence-electron chi connectivity index (χ0n) is 5.87.